The van der Waals surface area contributed by atoms with E-state index in [2.05, 4.69) is 72.5 Å². The predicted molar refractivity (Wildman–Crippen MR) is 205 cm³/mol. The molecule has 0 amide bonds. The molecule has 0 fully saturated rings. The summed E-state index contributed by atoms with van der Waals surface area (Å²) in [5.74, 6) is 0.755. The highest BCUT2D eigenvalue weighted by Crippen LogP contribution is 2.52. The Kier molecular flexibility index (Phi) is 8.35. The monoisotopic (exact) mass is 641 g/mol. The van der Waals surface area contributed by atoms with Crippen molar-refractivity contribution in [2.45, 2.75) is 20.8 Å². The summed E-state index contributed by atoms with van der Waals surface area (Å²) in [6.07, 6.45) is 9.99. The number of rotatable bonds is 8. The molecule has 0 aliphatic heterocycles. The van der Waals surface area contributed by atoms with Crippen molar-refractivity contribution in [1.82, 2.24) is 14.4 Å². The third kappa shape index (κ3) is 5.45. The summed E-state index contributed by atoms with van der Waals surface area (Å²) in [5, 5.41) is 3.39. The maximum Gasteiger partial charge on any atom is 0.170 e. The number of nitrogens with zero attached hydrogens (tertiary/aromatic N) is 3. The highest BCUT2D eigenvalue weighted by Gasteiger charge is 2.30. The Hall–Kier alpha value is -5.57. The SMILES string of the molecule is C=C(/C=C\c1ccccc1C)c1nc2ccc(-c3ccc(P(=O)(C(/C=C\C)=C/C)c4ccccc4)cc3)cc2c2nc3ccccc3n12. The lowest BCUT2D eigenvalue weighted by atomic mass is 10.0. The van der Waals surface area contributed by atoms with Crippen LogP contribution in [0.2, 0.25) is 0 Å². The maximum absolute atomic E-state index is 14.9. The van der Waals surface area contributed by atoms with E-state index in [-0.39, 0.29) is 0 Å². The zero-order valence-electron chi connectivity index (χ0n) is 27.3. The first kappa shape index (κ1) is 31.1. The lowest BCUT2D eigenvalue weighted by Crippen LogP contribution is -2.17. The van der Waals surface area contributed by atoms with E-state index < -0.39 is 7.14 Å². The van der Waals surface area contributed by atoms with Crippen LogP contribution in [0.4, 0.5) is 0 Å². The van der Waals surface area contributed by atoms with Crippen LogP contribution in [0.3, 0.4) is 0 Å². The zero-order valence-corrected chi connectivity index (χ0v) is 28.2. The van der Waals surface area contributed by atoms with Gasteiger partial charge in [0.2, 0.25) is 0 Å². The summed E-state index contributed by atoms with van der Waals surface area (Å²) >= 11 is 0. The van der Waals surface area contributed by atoms with Crippen molar-refractivity contribution in [2.75, 3.05) is 0 Å². The topological polar surface area (TPSA) is 47.3 Å². The van der Waals surface area contributed by atoms with Gasteiger partial charge in [-0.05, 0) is 67.3 Å². The molecular weight excluding hydrogens is 605 g/mol. The minimum Gasteiger partial charge on any atom is -0.309 e. The molecule has 7 aromatic rings. The molecule has 0 N–H and O–H groups in total. The molecule has 0 saturated carbocycles. The lowest BCUT2D eigenvalue weighted by molar-refractivity contribution is 0.591. The molecule has 1 atom stereocenters. The molecule has 0 spiro atoms. The molecule has 5 aromatic carbocycles. The molecule has 0 radical (unpaired) electrons. The first-order chi connectivity index (χ1) is 23.4. The smallest absolute Gasteiger partial charge is 0.170 e. The Morgan fingerprint density at radius 2 is 1.42 bits per heavy atom. The summed E-state index contributed by atoms with van der Waals surface area (Å²) in [7, 11) is -3.06. The molecule has 2 heterocycles. The number of imidazole rings is 1. The van der Waals surface area contributed by atoms with Crippen LogP contribution >= 0.6 is 7.14 Å². The van der Waals surface area contributed by atoms with Gasteiger partial charge in [-0.25, -0.2) is 9.97 Å². The Bertz CT molecular complexity index is 2470. The number of para-hydroxylation sites is 2. The average molecular weight is 642 g/mol. The molecule has 7 rings (SSSR count). The van der Waals surface area contributed by atoms with Crippen LogP contribution < -0.4 is 10.6 Å². The third-order valence-corrected chi connectivity index (χ3v) is 12.0. The van der Waals surface area contributed by atoms with E-state index in [4.69, 9.17) is 9.97 Å². The van der Waals surface area contributed by atoms with Gasteiger partial charge >= 0.3 is 0 Å². The minimum atomic E-state index is -3.06. The van der Waals surface area contributed by atoms with Crippen molar-refractivity contribution in [3.63, 3.8) is 0 Å². The van der Waals surface area contributed by atoms with Crippen LogP contribution in [-0.4, -0.2) is 14.4 Å². The molecule has 0 saturated heterocycles. The van der Waals surface area contributed by atoms with Crippen molar-refractivity contribution >= 4 is 57.0 Å². The van der Waals surface area contributed by atoms with Gasteiger partial charge in [0, 0.05) is 26.9 Å². The van der Waals surface area contributed by atoms with Gasteiger partial charge in [0.05, 0.1) is 16.6 Å². The molecule has 2 aromatic heterocycles. The van der Waals surface area contributed by atoms with Gasteiger partial charge in [0.25, 0.3) is 0 Å². The largest absolute Gasteiger partial charge is 0.309 e. The molecule has 234 valence electrons. The molecule has 4 nitrogen and oxygen atoms in total. The number of hydrogen-bond acceptors (Lipinski definition) is 3. The van der Waals surface area contributed by atoms with E-state index in [1.165, 1.54) is 5.56 Å². The van der Waals surface area contributed by atoms with Gasteiger partial charge in [0.15, 0.2) is 7.14 Å². The third-order valence-electron chi connectivity index (χ3n) is 8.86. The van der Waals surface area contributed by atoms with Crippen LogP contribution in [0.5, 0.6) is 0 Å². The van der Waals surface area contributed by atoms with Crippen LogP contribution in [0, 0.1) is 6.92 Å². The summed E-state index contributed by atoms with van der Waals surface area (Å²) in [5.41, 5.74) is 8.76. The van der Waals surface area contributed by atoms with E-state index in [1.54, 1.807) is 0 Å². The first-order valence-electron chi connectivity index (χ1n) is 16.1. The number of aromatic nitrogens is 3. The number of aryl methyl sites for hydroxylation is 1. The van der Waals surface area contributed by atoms with Crippen LogP contribution in [0.15, 0.2) is 158 Å². The van der Waals surface area contributed by atoms with E-state index in [0.29, 0.717) is 0 Å². The normalized spacial score (nSPS) is 13.6. The quantitative estimate of drug-likeness (QED) is 0.123. The van der Waals surface area contributed by atoms with Gasteiger partial charge in [-0.15, -0.1) is 0 Å². The van der Waals surface area contributed by atoms with Crippen molar-refractivity contribution < 1.29 is 4.57 Å². The van der Waals surface area contributed by atoms with Crippen LogP contribution in [0.25, 0.3) is 50.4 Å². The van der Waals surface area contributed by atoms with Crippen molar-refractivity contribution in [2.24, 2.45) is 0 Å². The standard InChI is InChI=1S/C43H36N3OP/c1-5-14-35(6-2)48(47,36-17-8-7-9-18-36)37-26-23-33(24-27-37)34-25-28-39-38(29-34)43-45-40-19-12-13-20-41(40)46(43)42(44-39)31(4)21-22-32-16-11-10-15-30(32)3/h5-29H,4H2,1-3H3/b14-5-,22-21-,35-6+. The second-order valence-electron chi connectivity index (χ2n) is 11.8. The summed E-state index contributed by atoms with van der Waals surface area (Å²) in [6.45, 7) is 10.4. The Labute approximate surface area is 281 Å². The maximum atomic E-state index is 14.9. The van der Waals surface area contributed by atoms with E-state index in [1.807, 2.05) is 111 Å². The number of hydrogen-bond donors (Lipinski definition) is 0. The van der Waals surface area contributed by atoms with Crippen molar-refractivity contribution in [3.8, 4) is 11.1 Å². The predicted octanol–water partition coefficient (Wildman–Crippen LogP) is 10.5. The number of allylic oxidation sites excluding steroid dienone is 6. The highest BCUT2D eigenvalue weighted by molar-refractivity contribution is 7.82. The van der Waals surface area contributed by atoms with E-state index in [9.17, 15) is 4.57 Å². The molecule has 48 heavy (non-hydrogen) atoms. The van der Waals surface area contributed by atoms with Gasteiger partial charge in [-0.1, -0.05) is 134 Å². The lowest BCUT2D eigenvalue weighted by Gasteiger charge is -2.21. The second-order valence-corrected chi connectivity index (χ2v) is 14.6. The molecule has 0 bridgehead atoms. The molecule has 0 aliphatic carbocycles. The van der Waals surface area contributed by atoms with E-state index in [0.717, 1.165) is 71.6 Å². The van der Waals surface area contributed by atoms with Gasteiger partial charge in [-0.2, -0.15) is 0 Å². The number of benzene rings is 5. The van der Waals surface area contributed by atoms with Gasteiger partial charge in [-0.3, -0.25) is 4.40 Å². The molecular formula is C43H36N3OP. The Morgan fingerprint density at radius 3 is 2.17 bits per heavy atom. The Morgan fingerprint density at radius 1 is 0.729 bits per heavy atom. The summed E-state index contributed by atoms with van der Waals surface area (Å²) < 4.78 is 17.0. The van der Waals surface area contributed by atoms with Crippen molar-refractivity contribution in [3.05, 3.63) is 174 Å². The summed E-state index contributed by atoms with van der Waals surface area (Å²) in [6, 6.07) is 40.6. The molecule has 1 unspecified atom stereocenters. The fourth-order valence-corrected chi connectivity index (χ4v) is 9.11. The van der Waals surface area contributed by atoms with Crippen LogP contribution in [0.1, 0.15) is 30.8 Å². The highest BCUT2D eigenvalue weighted by atomic mass is 31.2. The van der Waals surface area contributed by atoms with Gasteiger partial charge in [0.1, 0.15) is 11.5 Å². The Balaban J connectivity index is 1.33. The first-order valence-corrected chi connectivity index (χ1v) is 17.8. The minimum absolute atomic E-state index is 0.755. The fraction of sp³-hybridized carbons (Fsp3) is 0.0698. The average Bonchev–Trinajstić information content (AvgIpc) is 3.53. The zero-order chi connectivity index (χ0) is 33.3. The second kappa shape index (κ2) is 12.9. The van der Waals surface area contributed by atoms with Gasteiger partial charge < -0.3 is 4.57 Å². The van der Waals surface area contributed by atoms with Crippen LogP contribution in [-0.2, 0) is 4.57 Å². The number of fused-ring (bicyclic) bond motifs is 5. The molecule has 5 heteroatoms. The fourth-order valence-electron chi connectivity index (χ4n) is 6.33. The van der Waals surface area contributed by atoms with E-state index >= 15 is 0 Å². The molecule has 0 aliphatic rings. The summed E-state index contributed by atoms with van der Waals surface area (Å²) in [4.78, 5) is 10.2. The van der Waals surface area contributed by atoms with Crippen molar-refractivity contribution in [1.29, 1.82) is 0 Å².